The molecule has 4 rings (SSSR count). The minimum absolute atomic E-state index is 0.0986. The number of para-hydroxylation sites is 1. The molecular weight excluding hydrogens is 550 g/mol. The number of rotatable bonds is 7. The summed E-state index contributed by atoms with van der Waals surface area (Å²) in [4.78, 5) is 12.8. The fourth-order valence-corrected chi connectivity index (χ4v) is 5.91. The van der Waals surface area contributed by atoms with Gasteiger partial charge in [0, 0.05) is 17.8 Å². The van der Waals surface area contributed by atoms with E-state index in [2.05, 4.69) is 26.6 Å². The van der Waals surface area contributed by atoms with E-state index in [1.54, 1.807) is 30.3 Å². The first-order valence-corrected chi connectivity index (χ1v) is 13.7. The number of anilines is 2. The van der Waals surface area contributed by atoms with Crippen molar-refractivity contribution in [1.82, 2.24) is 5.32 Å². The molecule has 0 spiro atoms. The van der Waals surface area contributed by atoms with E-state index in [0.717, 1.165) is 17.7 Å². The van der Waals surface area contributed by atoms with Crippen molar-refractivity contribution in [2.24, 2.45) is 0 Å². The SMILES string of the molecule is CCCOc1ccc(C(=O)NC(=S)Nc2ccc(S(=O)(=O)N3CCc4ccccc43)cc2)cc1Br. The number of sulfonamides is 1. The predicted octanol–water partition coefficient (Wildman–Crippen LogP) is 5.12. The van der Waals surface area contributed by atoms with Crippen LogP contribution in [0.3, 0.4) is 0 Å². The average molecular weight is 575 g/mol. The van der Waals surface area contributed by atoms with Gasteiger partial charge in [-0.3, -0.25) is 14.4 Å². The first-order chi connectivity index (χ1) is 16.8. The number of carbonyl (C=O) groups excluding carboxylic acids is 1. The summed E-state index contributed by atoms with van der Waals surface area (Å²) in [5, 5.41) is 5.64. The molecule has 0 radical (unpaired) electrons. The van der Waals surface area contributed by atoms with Crippen LogP contribution in [-0.4, -0.2) is 32.6 Å². The molecule has 182 valence electrons. The highest BCUT2D eigenvalue weighted by Crippen LogP contribution is 2.33. The highest BCUT2D eigenvalue weighted by molar-refractivity contribution is 9.10. The molecule has 0 saturated carbocycles. The van der Waals surface area contributed by atoms with Gasteiger partial charge in [-0.25, -0.2) is 8.42 Å². The summed E-state index contributed by atoms with van der Waals surface area (Å²) in [6.07, 6.45) is 1.57. The van der Waals surface area contributed by atoms with Crippen LogP contribution in [0.4, 0.5) is 11.4 Å². The zero-order valence-electron chi connectivity index (χ0n) is 19.0. The number of thiocarbonyl (C=S) groups is 1. The van der Waals surface area contributed by atoms with Crippen molar-refractivity contribution in [1.29, 1.82) is 0 Å². The summed E-state index contributed by atoms with van der Waals surface area (Å²) in [6.45, 7) is 3.02. The first-order valence-electron chi connectivity index (χ1n) is 11.0. The van der Waals surface area contributed by atoms with Crippen LogP contribution in [-0.2, 0) is 16.4 Å². The van der Waals surface area contributed by atoms with Crippen LogP contribution < -0.4 is 19.7 Å². The Hall–Kier alpha value is -2.95. The van der Waals surface area contributed by atoms with Crippen LogP contribution >= 0.6 is 28.1 Å². The third kappa shape index (κ3) is 5.66. The van der Waals surface area contributed by atoms with E-state index in [-0.39, 0.29) is 15.9 Å². The molecule has 1 aliphatic rings. The van der Waals surface area contributed by atoms with Gasteiger partial charge in [0.15, 0.2) is 5.11 Å². The Morgan fingerprint density at radius 3 is 2.57 bits per heavy atom. The average Bonchev–Trinajstić information content (AvgIpc) is 3.28. The molecule has 2 N–H and O–H groups in total. The fourth-order valence-electron chi connectivity index (χ4n) is 3.70. The topological polar surface area (TPSA) is 87.7 Å². The monoisotopic (exact) mass is 573 g/mol. The van der Waals surface area contributed by atoms with Gasteiger partial charge in [0.1, 0.15) is 5.75 Å². The van der Waals surface area contributed by atoms with Gasteiger partial charge in [0.25, 0.3) is 15.9 Å². The quantitative estimate of drug-likeness (QED) is 0.381. The summed E-state index contributed by atoms with van der Waals surface area (Å²) in [5.41, 5.74) is 2.71. The molecule has 3 aromatic carbocycles. The summed E-state index contributed by atoms with van der Waals surface area (Å²) in [6, 6.07) is 18.8. The largest absolute Gasteiger partial charge is 0.492 e. The highest BCUT2D eigenvalue weighted by atomic mass is 79.9. The smallest absolute Gasteiger partial charge is 0.264 e. The maximum Gasteiger partial charge on any atom is 0.264 e. The highest BCUT2D eigenvalue weighted by Gasteiger charge is 2.30. The fraction of sp³-hybridized carbons (Fsp3) is 0.200. The number of ether oxygens (including phenoxy) is 1. The van der Waals surface area contributed by atoms with E-state index >= 15 is 0 Å². The lowest BCUT2D eigenvalue weighted by molar-refractivity contribution is 0.0977. The molecule has 0 atom stereocenters. The van der Waals surface area contributed by atoms with E-state index in [0.29, 0.717) is 41.0 Å². The Morgan fingerprint density at radius 2 is 1.86 bits per heavy atom. The Morgan fingerprint density at radius 1 is 1.11 bits per heavy atom. The van der Waals surface area contributed by atoms with Crippen molar-refractivity contribution in [3.63, 3.8) is 0 Å². The Labute approximate surface area is 218 Å². The number of nitrogens with zero attached hydrogens (tertiary/aromatic N) is 1. The van der Waals surface area contributed by atoms with Crippen LogP contribution in [0.15, 0.2) is 76.1 Å². The molecule has 1 heterocycles. The predicted molar refractivity (Wildman–Crippen MR) is 145 cm³/mol. The number of amides is 1. The molecule has 3 aromatic rings. The van der Waals surface area contributed by atoms with Gasteiger partial charge >= 0.3 is 0 Å². The molecule has 1 aliphatic heterocycles. The van der Waals surface area contributed by atoms with Gasteiger partial charge in [0.05, 0.1) is 21.7 Å². The lowest BCUT2D eigenvalue weighted by Crippen LogP contribution is -2.34. The van der Waals surface area contributed by atoms with Crippen LogP contribution in [0, 0.1) is 0 Å². The molecule has 0 fully saturated rings. The minimum atomic E-state index is -3.68. The van der Waals surface area contributed by atoms with E-state index < -0.39 is 10.0 Å². The van der Waals surface area contributed by atoms with Gasteiger partial charge in [-0.1, -0.05) is 25.1 Å². The Balaban J connectivity index is 1.39. The van der Waals surface area contributed by atoms with Crippen LogP contribution in [0.2, 0.25) is 0 Å². The number of nitrogens with one attached hydrogen (secondary N) is 2. The number of hydrogen-bond donors (Lipinski definition) is 2. The van der Waals surface area contributed by atoms with Crippen molar-refractivity contribution < 1.29 is 17.9 Å². The molecule has 10 heteroatoms. The van der Waals surface area contributed by atoms with E-state index in [1.165, 1.54) is 16.4 Å². The van der Waals surface area contributed by atoms with Crippen molar-refractivity contribution in [2.45, 2.75) is 24.7 Å². The Kier molecular flexibility index (Phi) is 7.73. The van der Waals surface area contributed by atoms with Gasteiger partial charge in [-0.2, -0.15) is 0 Å². The maximum absolute atomic E-state index is 13.2. The molecule has 0 bridgehead atoms. The maximum atomic E-state index is 13.2. The number of hydrogen-bond acceptors (Lipinski definition) is 5. The second-order valence-corrected chi connectivity index (χ2v) is 11.0. The van der Waals surface area contributed by atoms with Gasteiger partial charge in [-0.15, -0.1) is 0 Å². The second-order valence-electron chi connectivity index (χ2n) is 7.88. The minimum Gasteiger partial charge on any atom is -0.492 e. The lowest BCUT2D eigenvalue weighted by Gasteiger charge is -2.19. The van der Waals surface area contributed by atoms with Crippen LogP contribution in [0.5, 0.6) is 5.75 Å². The molecule has 1 amide bonds. The van der Waals surface area contributed by atoms with E-state index in [4.69, 9.17) is 17.0 Å². The summed E-state index contributed by atoms with van der Waals surface area (Å²) in [7, 11) is -3.68. The molecule has 35 heavy (non-hydrogen) atoms. The van der Waals surface area contributed by atoms with Gasteiger partial charge in [-0.05, 0) is 95.1 Å². The van der Waals surface area contributed by atoms with Gasteiger partial charge < -0.3 is 10.1 Å². The van der Waals surface area contributed by atoms with E-state index in [9.17, 15) is 13.2 Å². The zero-order chi connectivity index (χ0) is 25.0. The molecule has 0 unspecified atom stereocenters. The lowest BCUT2D eigenvalue weighted by atomic mass is 10.2. The van der Waals surface area contributed by atoms with Crippen molar-refractivity contribution in [2.75, 3.05) is 22.8 Å². The van der Waals surface area contributed by atoms with Crippen LogP contribution in [0.1, 0.15) is 29.3 Å². The third-order valence-electron chi connectivity index (χ3n) is 5.43. The standard InChI is InChI=1S/C25H24BrN3O4S2/c1-2-15-33-23-12-7-18(16-21(23)26)24(30)28-25(34)27-19-8-10-20(11-9-19)35(31,32)29-14-13-17-5-3-4-6-22(17)29/h3-12,16H,2,13-15H2,1H3,(H2,27,28,30,34). The molecule has 7 nitrogen and oxygen atoms in total. The van der Waals surface area contributed by atoms with Gasteiger partial charge in [0.2, 0.25) is 0 Å². The summed E-state index contributed by atoms with van der Waals surface area (Å²) < 4.78 is 34.0. The van der Waals surface area contributed by atoms with E-state index in [1.807, 2.05) is 31.2 Å². The number of carbonyl (C=O) groups is 1. The molecule has 0 saturated heterocycles. The normalized spacial score (nSPS) is 12.7. The molecule has 0 aliphatic carbocycles. The third-order valence-corrected chi connectivity index (χ3v) is 8.08. The zero-order valence-corrected chi connectivity index (χ0v) is 22.2. The molecule has 0 aromatic heterocycles. The summed E-state index contributed by atoms with van der Waals surface area (Å²) in [5.74, 6) is 0.286. The number of halogens is 1. The van der Waals surface area contributed by atoms with Crippen molar-refractivity contribution >= 4 is 60.6 Å². The summed E-state index contributed by atoms with van der Waals surface area (Å²) >= 11 is 8.68. The molecular formula is C25H24BrN3O4S2. The number of fused-ring (bicyclic) bond motifs is 1. The number of benzene rings is 3. The first kappa shape index (κ1) is 25.2. The van der Waals surface area contributed by atoms with Crippen molar-refractivity contribution in [3.8, 4) is 5.75 Å². The van der Waals surface area contributed by atoms with Crippen molar-refractivity contribution in [3.05, 3.63) is 82.3 Å². The Bertz CT molecular complexity index is 1360. The second kappa shape index (κ2) is 10.8. The van der Waals surface area contributed by atoms with Crippen LogP contribution in [0.25, 0.3) is 0 Å².